The Morgan fingerprint density at radius 2 is 2.00 bits per heavy atom. The number of rotatable bonds is 3. The minimum absolute atomic E-state index is 0.629. The molecule has 18 heavy (non-hydrogen) atoms. The van der Waals surface area contributed by atoms with Crippen LogP contribution < -0.4 is 0 Å². The molecular formula is C14H13N3O. The summed E-state index contributed by atoms with van der Waals surface area (Å²) in [6, 6.07) is 14.0. The van der Waals surface area contributed by atoms with Gasteiger partial charge in [-0.2, -0.15) is 5.10 Å². The molecule has 90 valence electrons. The van der Waals surface area contributed by atoms with E-state index in [1.165, 1.54) is 0 Å². The second kappa shape index (κ2) is 4.49. The third-order valence-electron chi connectivity index (χ3n) is 2.71. The largest absolute Gasteiger partial charge is 0.361 e. The lowest BCUT2D eigenvalue weighted by atomic mass is 10.2. The highest BCUT2D eigenvalue weighted by Gasteiger charge is 2.04. The zero-order valence-electron chi connectivity index (χ0n) is 10.1. The van der Waals surface area contributed by atoms with Crippen molar-refractivity contribution in [3.63, 3.8) is 0 Å². The van der Waals surface area contributed by atoms with Crippen LogP contribution in [0.25, 0.3) is 11.3 Å². The molecule has 0 bridgehead atoms. The molecule has 0 aliphatic carbocycles. The lowest BCUT2D eigenvalue weighted by Crippen LogP contribution is -2.00. The smallest absolute Gasteiger partial charge is 0.133 e. The van der Waals surface area contributed by atoms with Gasteiger partial charge in [-0.05, 0) is 13.0 Å². The van der Waals surface area contributed by atoms with Gasteiger partial charge in [0.15, 0.2) is 0 Å². The molecule has 0 amide bonds. The number of hydrogen-bond acceptors (Lipinski definition) is 3. The molecule has 3 aromatic rings. The van der Waals surface area contributed by atoms with E-state index in [1.807, 2.05) is 60.3 Å². The zero-order chi connectivity index (χ0) is 12.4. The summed E-state index contributed by atoms with van der Waals surface area (Å²) in [6.45, 7) is 2.51. The third kappa shape index (κ3) is 2.18. The Morgan fingerprint density at radius 3 is 2.72 bits per heavy atom. The maximum Gasteiger partial charge on any atom is 0.133 e. The molecule has 0 aliphatic rings. The predicted molar refractivity (Wildman–Crippen MR) is 68.0 cm³/mol. The van der Waals surface area contributed by atoms with Gasteiger partial charge in [0.2, 0.25) is 0 Å². The molecule has 4 heteroatoms. The number of nitrogens with zero attached hydrogens (tertiary/aromatic N) is 3. The summed E-state index contributed by atoms with van der Waals surface area (Å²) in [6.07, 6.45) is 1.95. The molecular weight excluding hydrogens is 226 g/mol. The highest BCUT2D eigenvalue weighted by atomic mass is 16.5. The number of benzene rings is 1. The van der Waals surface area contributed by atoms with Gasteiger partial charge in [0, 0.05) is 17.8 Å². The first-order valence-electron chi connectivity index (χ1n) is 5.82. The molecule has 0 saturated carbocycles. The van der Waals surface area contributed by atoms with E-state index in [0.717, 1.165) is 22.7 Å². The van der Waals surface area contributed by atoms with Gasteiger partial charge in [-0.15, -0.1) is 0 Å². The molecule has 0 spiro atoms. The van der Waals surface area contributed by atoms with Crippen LogP contribution in [-0.4, -0.2) is 14.9 Å². The fourth-order valence-electron chi connectivity index (χ4n) is 1.87. The van der Waals surface area contributed by atoms with Crippen LogP contribution in [0.15, 0.2) is 53.2 Å². The van der Waals surface area contributed by atoms with Crippen molar-refractivity contribution in [1.82, 2.24) is 14.9 Å². The van der Waals surface area contributed by atoms with Crippen LogP contribution in [0.4, 0.5) is 0 Å². The molecule has 4 nitrogen and oxygen atoms in total. The topological polar surface area (TPSA) is 43.9 Å². The van der Waals surface area contributed by atoms with Crippen molar-refractivity contribution in [3.05, 3.63) is 60.1 Å². The molecule has 0 atom stereocenters. The van der Waals surface area contributed by atoms with E-state index < -0.39 is 0 Å². The molecule has 0 radical (unpaired) electrons. The normalized spacial score (nSPS) is 10.7. The summed E-state index contributed by atoms with van der Waals surface area (Å²) in [5, 5.41) is 8.48. The van der Waals surface area contributed by atoms with Gasteiger partial charge >= 0.3 is 0 Å². The van der Waals surface area contributed by atoms with Crippen molar-refractivity contribution in [2.45, 2.75) is 13.5 Å². The Morgan fingerprint density at radius 1 is 1.17 bits per heavy atom. The van der Waals surface area contributed by atoms with Crippen molar-refractivity contribution in [3.8, 4) is 11.3 Å². The highest BCUT2D eigenvalue weighted by molar-refractivity contribution is 5.57. The van der Waals surface area contributed by atoms with Crippen molar-refractivity contribution in [2.24, 2.45) is 0 Å². The Hall–Kier alpha value is -2.36. The number of hydrogen-bond donors (Lipinski definition) is 0. The van der Waals surface area contributed by atoms with E-state index in [9.17, 15) is 0 Å². The van der Waals surface area contributed by atoms with Crippen LogP contribution in [0.3, 0.4) is 0 Å². The first-order chi connectivity index (χ1) is 8.81. The maximum atomic E-state index is 5.04. The van der Waals surface area contributed by atoms with Crippen LogP contribution in [0.2, 0.25) is 0 Å². The molecule has 2 aromatic heterocycles. The number of aromatic nitrogens is 3. The summed E-state index contributed by atoms with van der Waals surface area (Å²) < 4.78 is 6.90. The standard InChI is InChI=1S/C14H13N3O/c1-11-9-13(16-18-11)10-17-8-7-14(15-17)12-5-3-2-4-6-12/h2-9H,10H2,1H3. The average Bonchev–Trinajstić information content (AvgIpc) is 3.01. The van der Waals surface area contributed by atoms with E-state index in [1.54, 1.807) is 0 Å². The minimum atomic E-state index is 0.629. The minimum Gasteiger partial charge on any atom is -0.361 e. The van der Waals surface area contributed by atoms with Gasteiger partial charge in [-0.1, -0.05) is 35.5 Å². The summed E-state index contributed by atoms with van der Waals surface area (Å²) in [5.74, 6) is 0.820. The number of aryl methyl sites for hydroxylation is 1. The van der Waals surface area contributed by atoms with Crippen LogP contribution in [0.5, 0.6) is 0 Å². The summed E-state index contributed by atoms with van der Waals surface area (Å²) in [4.78, 5) is 0. The van der Waals surface area contributed by atoms with Crippen molar-refractivity contribution in [2.75, 3.05) is 0 Å². The molecule has 1 aromatic carbocycles. The van der Waals surface area contributed by atoms with Crippen LogP contribution in [0.1, 0.15) is 11.5 Å². The summed E-state index contributed by atoms with van der Waals surface area (Å²) in [7, 11) is 0. The highest BCUT2D eigenvalue weighted by Crippen LogP contribution is 2.16. The third-order valence-corrected chi connectivity index (χ3v) is 2.71. The first-order valence-corrected chi connectivity index (χ1v) is 5.82. The SMILES string of the molecule is Cc1cc(Cn2ccc(-c3ccccc3)n2)no1. The second-order valence-electron chi connectivity index (χ2n) is 4.19. The van der Waals surface area contributed by atoms with Gasteiger partial charge in [-0.25, -0.2) is 0 Å². The lowest BCUT2D eigenvalue weighted by molar-refractivity contribution is 0.388. The van der Waals surface area contributed by atoms with E-state index in [4.69, 9.17) is 4.52 Å². The molecule has 2 heterocycles. The predicted octanol–water partition coefficient (Wildman–Crippen LogP) is 2.89. The van der Waals surface area contributed by atoms with Gasteiger partial charge in [0.05, 0.1) is 12.2 Å². The van der Waals surface area contributed by atoms with E-state index in [0.29, 0.717) is 6.54 Å². The lowest BCUT2D eigenvalue weighted by Gasteiger charge is -1.97. The Bertz CT molecular complexity index is 640. The monoisotopic (exact) mass is 239 g/mol. The zero-order valence-corrected chi connectivity index (χ0v) is 10.1. The van der Waals surface area contributed by atoms with E-state index >= 15 is 0 Å². The van der Waals surface area contributed by atoms with Gasteiger partial charge in [-0.3, -0.25) is 4.68 Å². The van der Waals surface area contributed by atoms with Crippen LogP contribution in [-0.2, 0) is 6.54 Å². The van der Waals surface area contributed by atoms with Gasteiger partial charge in [0.25, 0.3) is 0 Å². The van der Waals surface area contributed by atoms with Crippen LogP contribution >= 0.6 is 0 Å². The summed E-state index contributed by atoms with van der Waals surface area (Å²) in [5.41, 5.74) is 2.97. The average molecular weight is 239 g/mol. The second-order valence-corrected chi connectivity index (χ2v) is 4.19. The molecule has 0 N–H and O–H groups in total. The molecule has 3 rings (SSSR count). The quantitative estimate of drug-likeness (QED) is 0.705. The molecule has 0 saturated heterocycles. The van der Waals surface area contributed by atoms with Gasteiger partial charge in [0.1, 0.15) is 11.5 Å². The van der Waals surface area contributed by atoms with Gasteiger partial charge < -0.3 is 4.52 Å². The maximum absolute atomic E-state index is 5.04. The van der Waals surface area contributed by atoms with E-state index in [2.05, 4.69) is 10.3 Å². The Balaban J connectivity index is 1.82. The molecule has 0 unspecified atom stereocenters. The van der Waals surface area contributed by atoms with Crippen LogP contribution in [0, 0.1) is 6.92 Å². The van der Waals surface area contributed by atoms with Crippen molar-refractivity contribution in [1.29, 1.82) is 0 Å². The Labute approximate surface area is 105 Å². The van der Waals surface area contributed by atoms with Crippen molar-refractivity contribution >= 4 is 0 Å². The Kier molecular flexibility index (Phi) is 2.68. The molecule has 0 fully saturated rings. The van der Waals surface area contributed by atoms with E-state index in [-0.39, 0.29) is 0 Å². The van der Waals surface area contributed by atoms with Crippen molar-refractivity contribution < 1.29 is 4.52 Å². The molecule has 0 aliphatic heterocycles. The summed E-state index contributed by atoms with van der Waals surface area (Å²) >= 11 is 0. The fourth-order valence-corrected chi connectivity index (χ4v) is 1.87. The fraction of sp³-hybridized carbons (Fsp3) is 0.143. The first kappa shape index (κ1) is 10.8.